The average molecular weight is 344 g/mol. The molecule has 0 saturated carbocycles. The number of nitrogens with zero attached hydrogens (tertiary/aromatic N) is 4. The number of nitrogens with one attached hydrogen (secondary N) is 2. The maximum atomic E-state index is 4.48. The van der Waals surface area contributed by atoms with Crippen molar-refractivity contribution in [3.05, 3.63) is 73.2 Å². The van der Waals surface area contributed by atoms with Gasteiger partial charge in [0.15, 0.2) is 5.65 Å². The molecule has 6 heteroatoms. The van der Waals surface area contributed by atoms with Gasteiger partial charge in [0, 0.05) is 18.3 Å². The normalized spacial score (nSPS) is 12.0. The second-order valence-corrected chi connectivity index (χ2v) is 6.14. The number of para-hydroxylation sites is 2. The van der Waals surface area contributed by atoms with Gasteiger partial charge >= 0.3 is 0 Å². The number of anilines is 2. The van der Waals surface area contributed by atoms with Crippen LogP contribution in [0.1, 0.15) is 6.92 Å². The standard InChI is InChI=1S/C20H20N6/c1-15(25-16-8-4-2-5-9-16)12-21-19-18-13-24-26(20(18)23-14-22-19)17-10-6-3-7-11-17/h2-11,13-15,25H,12H2,1H3,(H,21,22,23). The molecule has 2 N–H and O–H groups in total. The third kappa shape index (κ3) is 3.35. The lowest BCUT2D eigenvalue weighted by Gasteiger charge is -2.16. The quantitative estimate of drug-likeness (QED) is 0.558. The van der Waals surface area contributed by atoms with Gasteiger partial charge in [0.1, 0.15) is 12.1 Å². The average Bonchev–Trinajstić information content (AvgIpc) is 3.12. The van der Waals surface area contributed by atoms with Gasteiger partial charge in [0.05, 0.1) is 17.3 Å². The van der Waals surface area contributed by atoms with Crippen LogP contribution in [-0.4, -0.2) is 32.3 Å². The summed E-state index contributed by atoms with van der Waals surface area (Å²) in [6, 6.07) is 20.4. The Balaban J connectivity index is 1.51. The zero-order chi connectivity index (χ0) is 17.8. The molecule has 6 nitrogen and oxygen atoms in total. The predicted octanol–water partition coefficient (Wildman–Crippen LogP) is 3.73. The summed E-state index contributed by atoms with van der Waals surface area (Å²) < 4.78 is 1.83. The molecule has 2 heterocycles. The largest absolute Gasteiger partial charge is 0.381 e. The number of hydrogen-bond donors (Lipinski definition) is 2. The van der Waals surface area contributed by atoms with E-state index in [4.69, 9.17) is 0 Å². The molecular weight excluding hydrogens is 324 g/mol. The van der Waals surface area contributed by atoms with Gasteiger partial charge < -0.3 is 10.6 Å². The molecule has 0 amide bonds. The number of fused-ring (bicyclic) bond motifs is 1. The molecular formula is C20H20N6. The topological polar surface area (TPSA) is 67.7 Å². The summed E-state index contributed by atoms with van der Waals surface area (Å²) in [4.78, 5) is 8.80. The Morgan fingerprint density at radius 3 is 2.46 bits per heavy atom. The molecule has 0 aliphatic rings. The van der Waals surface area contributed by atoms with E-state index in [0.717, 1.165) is 34.8 Å². The molecule has 0 fully saturated rings. The molecule has 2 aromatic carbocycles. The molecule has 4 rings (SSSR count). The first-order valence-electron chi connectivity index (χ1n) is 8.61. The zero-order valence-corrected chi connectivity index (χ0v) is 14.5. The van der Waals surface area contributed by atoms with Gasteiger partial charge in [-0.15, -0.1) is 0 Å². The lowest BCUT2D eigenvalue weighted by molar-refractivity contribution is 0.832. The van der Waals surface area contributed by atoms with E-state index >= 15 is 0 Å². The first kappa shape index (κ1) is 16.1. The smallest absolute Gasteiger partial charge is 0.168 e. The second kappa shape index (κ2) is 7.23. The molecule has 130 valence electrons. The molecule has 26 heavy (non-hydrogen) atoms. The lowest BCUT2D eigenvalue weighted by atomic mass is 10.2. The van der Waals surface area contributed by atoms with E-state index in [1.165, 1.54) is 0 Å². The number of rotatable bonds is 6. The fourth-order valence-electron chi connectivity index (χ4n) is 2.86. The summed E-state index contributed by atoms with van der Waals surface area (Å²) in [6.07, 6.45) is 3.38. The van der Waals surface area contributed by atoms with Crippen LogP contribution in [0.4, 0.5) is 11.5 Å². The van der Waals surface area contributed by atoms with Crippen molar-refractivity contribution in [3.63, 3.8) is 0 Å². The summed E-state index contributed by atoms with van der Waals surface area (Å²) >= 11 is 0. The van der Waals surface area contributed by atoms with Crippen molar-refractivity contribution in [2.75, 3.05) is 17.2 Å². The maximum Gasteiger partial charge on any atom is 0.168 e. The molecule has 1 atom stereocenters. The number of benzene rings is 2. The minimum absolute atomic E-state index is 0.242. The molecule has 0 bridgehead atoms. The van der Waals surface area contributed by atoms with Crippen molar-refractivity contribution in [1.82, 2.24) is 19.7 Å². The SMILES string of the molecule is CC(CNc1ncnc2c1cnn2-c1ccccc1)Nc1ccccc1. The monoisotopic (exact) mass is 344 g/mol. The van der Waals surface area contributed by atoms with Gasteiger partial charge in [0.25, 0.3) is 0 Å². The predicted molar refractivity (Wildman–Crippen MR) is 105 cm³/mol. The van der Waals surface area contributed by atoms with Crippen LogP contribution in [0.2, 0.25) is 0 Å². The molecule has 1 unspecified atom stereocenters. The van der Waals surface area contributed by atoms with Gasteiger partial charge in [-0.05, 0) is 31.2 Å². The summed E-state index contributed by atoms with van der Waals surface area (Å²) in [6.45, 7) is 2.86. The zero-order valence-electron chi connectivity index (χ0n) is 14.5. The van der Waals surface area contributed by atoms with E-state index in [0.29, 0.717) is 0 Å². The lowest BCUT2D eigenvalue weighted by Crippen LogP contribution is -2.25. The van der Waals surface area contributed by atoms with Crippen molar-refractivity contribution in [3.8, 4) is 5.69 Å². The third-order valence-electron chi connectivity index (χ3n) is 4.13. The maximum absolute atomic E-state index is 4.48. The summed E-state index contributed by atoms with van der Waals surface area (Å²) in [5.41, 5.74) is 2.87. The highest BCUT2D eigenvalue weighted by Gasteiger charge is 2.11. The third-order valence-corrected chi connectivity index (χ3v) is 4.13. The van der Waals surface area contributed by atoms with Gasteiger partial charge in [0.2, 0.25) is 0 Å². The van der Waals surface area contributed by atoms with E-state index in [1.54, 1.807) is 12.5 Å². The van der Waals surface area contributed by atoms with Crippen LogP contribution in [0, 0.1) is 0 Å². The summed E-state index contributed by atoms with van der Waals surface area (Å²) in [5.74, 6) is 0.791. The Kier molecular flexibility index (Phi) is 4.47. The summed E-state index contributed by atoms with van der Waals surface area (Å²) in [5, 5.41) is 12.3. The van der Waals surface area contributed by atoms with Crippen LogP contribution in [0.3, 0.4) is 0 Å². The fourth-order valence-corrected chi connectivity index (χ4v) is 2.86. The van der Waals surface area contributed by atoms with Gasteiger partial charge in [-0.3, -0.25) is 0 Å². The van der Waals surface area contributed by atoms with E-state index in [1.807, 2.05) is 53.2 Å². The molecule has 0 radical (unpaired) electrons. The molecule has 0 aliphatic heterocycles. The van der Waals surface area contributed by atoms with Gasteiger partial charge in [-0.25, -0.2) is 14.6 Å². The van der Waals surface area contributed by atoms with E-state index < -0.39 is 0 Å². The van der Waals surface area contributed by atoms with Crippen LogP contribution in [0.15, 0.2) is 73.2 Å². The Bertz CT molecular complexity index is 981. The van der Waals surface area contributed by atoms with E-state index in [2.05, 4.69) is 44.8 Å². The highest BCUT2D eigenvalue weighted by molar-refractivity contribution is 5.87. The Morgan fingerprint density at radius 2 is 1.69 bits per heavy atom. The Morgan fingerprint density at radius 1 is 0.962 bits per heavy atom. The number of aromatic nitrogens is 4. The molecule has 0 spiro atoms. The summed E-state index contributed by atoms with van der Waals surface area (Å²) in [7, 11) is 0. The first-order valence-corrected chi connectivity index (χ1v) is 8.61. The van der Waals surface area contributed by atoms with E-state index in [9.17, 15) is 0 Å². The van der Waals surface area contributed by atoms with Gasteiger partial charge in [-0.1, -0.05) is 36.4 Å². The Hall–Kier alpha value is -3.41. The minimum Gasteiger partial charge on any atom is -0.381 e. The second-order valence-electron chi connectivity index (χ2n) is 6.14. The van der Waals surface area contributed by atoms with Gasteiger partial charge in [-0.2, -0.15) is 5.10 Å². The van der Waals surface area contributed by atoms with Crippen LogP contribution in [0.5, 0.6) is 0 Å². The van der Waals surface area contributed by atoms with Crippen LogP contribution >= 0.6 is 0 Å². The minimum atomic E-state index is 0.242. The van der Waals surface area contributed by atoms with Crippen molar-refractivity contribution >= 4 is 22.5 Å². The van der Waals surface area contributed by atoms with Crippen molar-refractivity contribution < 1.29 is 0 Å². The highest BCUT2D eigenvalue weighted by atomic mass is 15.3. The van der Waals surface area contributed by atoms with Crippen molar-refractivity contribution in [1.29, 1.82) is 0 Å². The van der Waals surface area contributed by atoms with Crippen LogP contribution < -0.4 is 10.6 Å². The Labute approximate surface area is 151 Å². The fraction of sp³-hybridized carbons (Fsp3) is 0.150. The molecule has 0 aliphatic carbocycles. The molecule has 2 aromatic heterocycles. The van der Waals surface area contributed by atoms with Crippen LogP contribution in [0.25, 0.3) is 16.7 Å². The first-order chi connectivity index (χ1) is 12.8. The number of hydrogen-bond acceptors (Lipinski definition) is 5. The molecule has 4 aromatic rings. The van der Waals surface area contributed by atoms with Crippen molar-refractivity contribution in [2.24, 2.45) is 0 Å². The molecule has 0 saturated heterocycles. The van der Waals surface area contributed by atoms with E-state index in [-0.39, 0.29) is 6.04 Å². The van der Waals surface area contributed by atoms with Crippen molar-refractivity contribution in [2.45, 2.75) is 13.0 Å². The highest BCUT2D eigenvalue weighted by Crippen LogP contribution is 2.21. The van der Waals surface area contributed by atoms with Crippen LogP contribution in [-0.2, 0) is 0 Å².